The standard InChI is InChI=1S/C10H12FNO3/c1-6-2-3-7(11)8(4-6)15-9(5-12)10(13)14/h2-4,9H,5,12H2,1H3,(H,13,14). The Kier molecular flexibility index (Phi) is 3.62. The Hall–Kier alpha value is -1.62. The van der Waals surface area contributed by atoms with Gasteiger partial charge in [-0.2, -0.15) is 0 Å². The maximum absolute atomic E-state index is 13.2. The van der Waals surface area contributed by atoms with Gasteiger partial charge in [0.2, 0.25) is 6.10 Å². The minimum absolute atomic E-state index is 0.0900. The summed E-state index contributed by atoms with van der Waals surface area (Å²) in [6, 6.07) is 4.22. The molecule has 1 aromatic rings. The van der Waals surface area contributed by atoms with Crippen molar-refractivity contribution in [2.45, 2.75) is 13.0 Å². The SMILES string of the molecule is Cc1ccc(F)c(OC(CN)C(=O)O)c1. The van der Waals surface area contributed by atoms with Crippen LogP contribution in [0.3, 0.4) is 0 Å². The zero-order chi connectivity index (χ0) is 11.4. The lowest BCUT2D eigenvalue weighted by Crippen LogP contribution is -2.35. The summed E-state index contributed by atoms with van der Waals surface area (Å²) < 4.78 is 18.1. The van der Waals surface area contributed by atoms with Crippen LogP contribution in [0.25, 0.3) is 0 Å². The molecule has 1 atom stereocenters. The van der Waals surface area contributed by atoms with Crippen molar-refractivity contribution in [3.8, 4) is 5.75 Å². The summed E-state index contributed by atoms with van der Waals surface area (Å²) in [7, 11) is 0. The van der Waals surface area contributed by atoms with Gasteiger partial charge in [-0.15, -0.1) is 0 Å². The molecule has 3 N–H and O–H groups in total. The lowest BCUT2D eigenvalue weighted by molar-refractivity contribution is -0.144. The molecule has 0 radical (unpaired) electrons. The third-order valence-electron chi connectivity index (χ3n) is 1.85. The van der Waals surface area contributed by atoms with E-state index in [-0.39, 0.29) is 12.3 Å². The maximum Gasteiger partial charge on any atom is 0.346 e. The highest BCUT2D eigenvalue weighted by atomic mass is 19.1. The van der Waals surface area contributed by atoms with Gasteiger partial charge < -0.3 is 15.6 Å². The molecule has 0 spiro atoms. The minimum atomic E-state index is -1.22. The predicted molar refractivity (Wildman–Crippen MR) is 52.2 cm³/mol. The molecule has 1 aromatic carbocycles. The van der Waals surface area contributed by atoms with Crippen molar-refractivity contribution in [3.05, 3.63) is 29.6 Å². The molecular formula is C10H12FNO3. The summed E-state index contributed by atoms with van der Waals surface area (Å²) in [5.41, 5.74) is 5.97. The number of aryl methyl sites for hydroxylation is 1. The van der Waals surface area contributed by atoms with Gasteiger partial charge in [-0.3, -0.25) is 0 Å². The number of ether oxygens (including phenoxy) is 1. The van der Waals surface area contributed by atoms with E-state index < -0.39 is 17.9 Å². The second-order valence-electron chi connectivity index (χ2n) is 3.11. The van der Waals surface area contributed by atoms with Crippen molar-refractivity contribution in [2.75, 3.05) is 6.54 Å². The Balaban J connectivity index is 2.87. The van der Waals surface area contributed by atoms with Crippen LogP contribution in [-0.4, -0.2) is 23.7 Å². The Morgan fingerprint density at radius 1 is 1.67 bits per heavy atom. The first-order chi connectivity index (χ1) is 7.04. The summed E-state index contributed by atoms with van der Waals surface area (Å²) in [6.07, 6.45) is -1.22. The van der Waals surface area contributed by atoms with Gasteiger partial charge in [0.05, 0.1) is 0 Å². The van der Waals surface area contributed by atoms with E-state index in [1.165, 1.54) is 12.1 Å². The Morgan fingerprint density at radius 3 is 2.87 bits per heavy atom. The van der Waals surface area contributed by atoms with Gasteiger partial charge in [-0.05, 0) is 24.6 Å². The molecule has 0 aliphatic rings. The van der Waals surface area contributed by atoms with Gasteiger partial charge in [-0.1, -0.05) is 6.07 Å². The van der Waals surface area contributed by atoms with Crippen LogP contribution in [0.2, 0.25) is 0 Å². The van der Waals surface area contributed by atoms with Gasteiger partial charge in [0, 0.05) is 6.54 Å². The molecule has 0 amide bonds. The zero-order valence-electron chi connectivity index (χ0n) is 8.24. The van der Waals surface area contributed by atoms with E-state index in [0.29, 0.717) is 0 Å². The maximum atomic E-state index is 13.2. The number of carbonyl (C=O) groups is 1. The fraction of sp³-hybridized carbons (Fsp3) is 0.300. The van der Waals surface area contributed by atoms with E-state index in [1.54, 1.807) is 13.0 Å². The van der Waals surface area contributed by atoms with E-state index in [2.05, 4.69) is 0 Å². The lowest BCUT2D eigenvalue weighted by atomic mass is 10.2. The molecule has 0 saturated carbocycles. The minimum Gasteiger partial charge on any atom is -0.478 e. The number of halogens is 1. The average molecular weight is 213 g/mol. The fourth-order valence-electron chi connectivity index (χ4n) is 1.05. The van der Waals surface area contributed by atoms with E-state index in [4.69, 9.17) is 15.6 Å². The number of hydrogen-bond donors (Lipinski definition) is 2. The molecule has 1 rings (SSSR count). The highest BCUT2D eigenvalue weighted by Gasteiger charge is 2.18. The van der Waals surface area contributed by atoms with Crippen molar-refractivity contribution in [1.82, 2.24) is 0 Å². The first-order valence-electron chi connectivity index (χ1n) is 4.40. The van der Waals surface area contributed by atoms with Crippen molar-refractivity contribution in [1.29, 1.82) is 0 Å². The third-order valence-corrected chi connectivity index (χ3v) is 1.85. The number of carboxylic acids is 1. The number of benzene rings is 1. The molecule has 1 unspecified atom stereocenters. The Labute approximate surface area is 86.5 Å². The molecule has 0 aromatic heterocycles. The molecular weight excluding hydrogens is 201 g/mol. The highest BCUT2D eigenvalue weighted by molar-refractivity contribution is 5.73. The third kappa shape index (κ3) is 2.92. The molecule has 0 aliphatic heterocycles. The average Bonchev–Trinajstić information content (AvgIpc) is 2.18. The van der Waals surface area contributed by atoms with Crippen molar-refractivity contribution in [2.24, 2.45) is 5.73 Å². The number of rotatable bonds is 4. The molecule has 82 valence electrons. The molecule has 0 fully saturated rings. The zero-order valence-corrected chi connectivity index (χ0v) is 8.24. The molecule has 5 heteroatoms. The van der Waals surface area contributed by atoms with Gasteiger partial charge in [0.1, 0.15) is 0 Å². The van der Waals surface area contributed by atoms with Crippen LogP contribution in [0.4, 0.5) is 4.39 Å². The van der Waals surface area contributed by atoms with E-state index >= 15 is 0 Å². The predicted octanol–water partition coefficient (Wildman–Crippen LogP) is 0.925. The summed E-state index contributed by atoms with van der Waals surface area (Å²) >= 11 is 0. The van der Waals surface area contributed by atoms with Crippen LogP contribution in [0.1, 0.15) is 5.56 Å². The second-order valence-corrected chi connectivity index (χ2v) is 3.11. The number of nitrogens with two attached hydrogens (primary N) is 1. The normalized spacial score (nSPS) is 12.2. The van der Waals surface area contributed by atoms with Crippen molar-refractivity contribution in [3.63, 3.8) is 0 Å². The number of aliphatic carboxylic acids is 1. The number of hydrogen-bond acceptors (Lipinski definition) is 3. The van der Waals surface area contributed by atoms with E-state index in [9.17, 15) is 9.18 Å². The molecule has 4 nitrogen and oxygen atoms in total. The molecule has 15 heavy (non-hydrogen) atoms. The Morgan fingerprint density at radius 2 is 2.33 bits per heavy atom. The summed E-state index contributed by atoms with van der Waals surface area (Å²) in [5.74, 6) is -1.90. The molecule has 0 bridgehead atoms. The summed E-state index contributed by atoms with van der Waals surface area (Å²) in [5, 5.41) is 8.67. The van der Waals surface area contributed by atoms with E-state index in [1.807, 2.05) is 0 Å². The lowest BCUT2D eigenvalue weighted by Gasteiger charge is -2.13. The fourth-order valence-corrected chi connectivity index (χ4v) is 1.05. The molecule has 0 saturated heterocycles. The largest absolute Gasteiger partial charge is 0.478 e. The smallest absolute Gasteiger partial charge is 0.346 e. The highest BCUT2D eigenvalue weighted by Crippen LogP contribution is 2.19. The van der Waals surface area contributed by atoms with Crippen LogP contribution < -0.4 is 10.5 Å². The van der Waals surface area contributed by atoms with Crippen LogP contribution in [0.15, 0.2) is 18.2 Å². The quantitative estimate of drug-likeness (QED) is 0.780. The summed E-state index contributed by atoms with van der Waals surface area (Å²) in [4.78, 5) is 10.6. The topological polar surface area (TPSA) is 72.5 Å². The Bertz CT molecular complexity index is 368. The van der Waals surface area contributed by atoms with Crippen LogP contribution >= 0.6 is 0 Å². The van der Waals surface area contributed by atoms with Crippen molar-refractivity contribution < 1.29 is 19.0 Å². The van der Waals surface area contributed by atoms with Gasteiger partial charge in [-0.25, -0.2) is 9.18 Å². The van der Waals surface area contributed by atoms with Crippen molar-refractivity contribution >= 4 is 5.97 Å². The van der Waals surface area contributed by atoms with Crippen LogP contribution in [-0.2, 0) is 4.79 Å². The van der Waals surface area contributed by atoms with Crippen LogP contribution in [0.5, 0.6) is 5.75 Å². The molecule has 0 aliphatic carbocycles. The van der Waals surface area contributed by atoms with Gasteiger partial charge in [0.25, 0.3) is 0 Å². The summed E-state index contributed by atoms with van der Waals surface area (Å²) in [6.45, 7) is 1.55. The second kappa shape index (κ2) is 4.75. The van der Waals surface area contributed by atoms with E-state index in [0.717, 1.165) is 5.56 Å². The number of carboxylic acid groups (broad SMARTS) is 1. The molecule has 0 heterocycles. The first-order valence-corrected chi connectivity index (χ1v) is 4.40. The van der Waals surface area contributed by atoms with Gasteiger partial charge in [0.15, 0.2) is 11.6 Å². The van der Waals surface area contributed by atoms with Gasteiger partial charge >= 0.3 is 5.97 Å². The first kappa shape index (κ1) is 11.5. The monoisotopic (exact) mass is 213 g/mol. The van der Waals surface area contributed by atoms with Crippen LogP contribution in [0, 0.1) is 12.7 Å².